The van der Waals surface area contributed by atoms with Crippen LogP contribution in [0.15, 0.2) is 41.4 Å². The second kappa shape index (κ2) is 7.13. The number of benzene rings is 1. The molecule has 7 heteroatoms. The summed E-state index contributed by atoms with van der Waals surface area (Å²) in [6.07, 6.45) is 4.01. The van der Waals surface area contributed by atoms with E-state index in [2.05, 4.69) is 39.9 Å². The molecule has 2 aromatic rings. The molecule has 0 bridgehead atoms. The van der Waals surface area contributed by atoms with E-state index in [4.69, 9.17) is 9.52 Å². The minimum absolute atomic E-state index is 0.352. The smallest absolute Gasteiger partial charge is 0.128 e. The topological polar surface area (TPSA) is 69.5 Å². The average Bonchev–Trinajstić information content (AvgIpc) is 3.15. The van der Waals surface area contributed by atoms with Gasteiger partial charge in [0.15, 0.2) is 0 Å². The fraction of sp³-hybridized carbons (Fsp3) is 0.450. The van der Waals surface area contributed by atoms with Gasteiger partial charge in [0.25, 0.3) is 0 Å². The molecule has 1 aromatic carbocycles. The first-order valence-corrected chi connectivity index (χ1v) is 11.3. The summed E-state index contributed by atoms with van der Waals surface area (Å²) in [4.78, 5) is 9.65. The van der Waals surface area contributed by atoms with Gasteiger partial charge < -0.3 is 9.64 Å². The van der Waals surface area contributed by atoms with Crippen LogP contribution in [0, 0.1) is 4.78 Å². The molecule has 0 amide bonds. The normalized spacial score (nSPS) is 20.6. The van der Waals surface area contributed by atoms with Crippen molar-refractivity contribution in [1.82, 2.24) is 9.88 Å². The minimum atomic E-state index is -2.70. The maximum absolute atomic E-state index is 11.8. The molecular weight excluding hydrogens is 360 g/mol. The monoisotopic (exact) mass is 386 g/mol. The van der Waals surface area contributed by atoms with Crippen molar-refractivity contribution in [1.29, 1.82) is 4.78 Å². The molecule has 2 aliphatic rings. The highest BCUT2D eigenvalue weighted by Crippen LogP contribution is 2.31. The van der Waals surface area contributed by atoms with Gasteiger partial charge in [0, 0.05) is 51.1 Å². The lowest BCUT2D eigenvalue weighted by Crippen LogP contribution is -2.47. The molecule has 0 aliphatic carbocycles. The van der Waals surface area contributed by atoms with E-state index in [0.29, 0.717) is 10.9 Å². The number of ether oxygens (including phenoxy) is 1. The Hall–Kier alpha value is -2.12. The second-order valence-corrected chi connectivity index (χ2v) is 9.52. The summed E-state index contributed by atoms with van der Waals surface area (Å²) in [6, 6.07) is 10.6. The molecule has 144 valence electrons. The molecule has 4 rings (SSSR count). The lowest BCUT2D eigenvalue weighted by atomic mass is 10.0. The van der Waals surface area contributed by atoms with Crippen LogP contribution in [-0.2, 0) is 16.1 Å². The van der Waals surface area contributed by atoms with Crippen molar-refractivity contribution in [3.05, 3.63) is 47.7 Å². The van der Waals surface area contributed by atoms with E-state index in [0.717, 1.165) is 50.8 Å². The summed E-state index contributed by atoms with van der Waals surface area (Å²) in [5.74, 6) is 1.94. The van der Waals surface area contributed by atoms with E-state index >= 15 is 0 Å². The number of pyridine rings is 1. The Bertz CT molecular complexity index is 919. The van der Waals surface area contributed by atoms with Gasteiger partial charge in [0.1, 0.15) is 11.6 Å². The molecular formula is C20H26N4O2S. The quantitative estimate of drug-likeness (QED) is 0.875. The first kappa shape index (κ1) is 18.3. The van der Waals surface area contributed by atoms with Gasteiger partial charge in [-0.15, -0.1) is 0 Å². The summed E-state index contributed by atoms with van der Waals surface area (Å²) in [5, 5.41) is 0. The Kier molecular flexibility index (Phi) is 4.82. The van der Waals surface area contributed by atoms with Gasteiger partial charge in [-0.3, -0.25) is 4.90 Å². The van der Waals surface area contributed by atoms with Gasteiger partial charge in [-0.2, -0.15) is 0 Å². The number of piperazine rings is 1. The van der Waals surface area contributed by atoms with Crippen LogP contribution in [0.4, 0.5) is 5.82 Å². The fourth-order valence-corrected chi connectivity index (χ4v) is 4.36. The van der Waals surface area contributed by atoms with E-state index in [9.17, 15) is 4.21 Å². The number of anilines is 1. The zero-order valence-electron chi connectivity index (χ0n) is 15.9. The van der Waals surface area contributed by atoms with Crippen LogP contribution >= 0.6 is 0 Å². The van der Waals surface area contributed by atoms with Crippen LogP contribution in [-0.4, -0.2) is 53.1 Å². The number of nitrogens with zero attached hydrogens (tertiary/aromatic N) is 3. The highest BCUT2D eigenvalue weighted by atomic mass is 32.2. The SMILES string of the molecule is CC(c1ccc2c(c1)OCC2)N1CCN(c2ccc([S@](C)(=N)=O)cn2)CC1. The van der Waals surface area contributed by atoms with Gasteiger partial charge in [-0.1, -0.05) is 12.1 Å². The van der Waals surface area contributed by atoms with Crippen molar-refractivity contribution in [2.75, 3.05) is 43.9 Å². The van der Waals surface area contributed by atoms with E-state index < -0.39 is 9.73 Å². The van der Waals surface area contributed by atoms with Crippen molar-refractivity contribution < 1.29 is 8.95 Å². The van der Waals surface area contributed by atoms with E-state index in [1.807, 2.05) is 6.07 Å². The summed E-state index contributed by atoms with van der Waals surface area (Å²) in [7, 11) is -2.70. The van der Waals surface area contributed by atoms with E-state index in [1.54, 1.807) is 12.3 Å². The van der Waals surface area contributed by atoms with Crippen LogP contribution in [0.5, 0.6) is 5.75 Å². The minimum Gasteiger partial charge on any atom is -0.493 e. The highest BCUT2D eigenvalue weighted by Gasteiger charge is 2.24. The molecule has 3 heterocycles. The predicted octanol–water partition coefficient (Wildman–Crippen LogP) is 2.94. The molecule has 1 saturated heterocycles. The molecule has 6 nitrogen and oxygen atoms in total. The van der Waals surface area contributed by atoms with Crippen molar-refractivity contribution in [3.63, 3.8) is 0 Å². The fourth-order valence-electron chi connectivity index (χ4n) is 3.78. The van der Waals surface area contributed by atoms with Crippen LogP contribution in [0.2, 0.25) is 0 Å². The van der Waals surface area contributed by atoms with E-state index in [-0.39, 0.29) is 0 Å². The van der Waals surface area contributed by atoms with Crippen LogP contribution in [0.25, 0.3) is 0 Å². The Morgan fingerprint density at radius 3 is 2.63 bits per heavy atom. The molecule has 0 saturated carbocycles. The Labute approximate surface area is 161 Å². The molecule has 27 heavy (non-hydrogen) atoms. The first-order chi connectivity index (χ1) is 12.9. The molecule has 1 unspecified atom stereocenters. The Balaban J connectivity index is 1.40. The number of hydrogen-bond acceptors (Lipinski definition) is 6. The zero-order valence-corrected chi connectivity index (χ0v) is 16.7. The molecule has 1 N–H and O–H groups in total. The zero-order chi connectivity index (χ0) is 19.0. The van der Waals surface area contributed by atoms with Crippen molar-refractivity contribution in [2.45, 2.75) is 24.3 Å². The summed E-state index contributed by atoms with van der Waals surface area (Å²) in [6.45, 7) is 6.79. The number of rotatable bonds is 4. The van der Waals surface area contributed by atoms with Gasteiger partial charge in [0.2, 0.25) is 0 Å². The third kappa shape index (κ3) is 3.80. The summed E-state index contributed by atoms with van der Waals surface area (Å²) < 4.78 is 25.2. The summed E-state index contributed by atoms with van der Waals surface area (Å²) >= 11 is 0. The number of aromatic nitrogens is 1. The molecule has 0 spiro atoms. The summed E-state index contributed by atoms with van der Waals surface area (Å²) in [5.41, 5.74) is 2.62. The number of fused-ring (bicyclic) bond motifs is 1. The van der Waals surface area contributed by atoms with Crippen molar-refractivity contribution in [2.24, 2.45) is 0 Å². The van der Waals surface area contributed by atoms with Crippen molar-refractivity contribution in [3.8, 4) is 5.75 Å². The van der Waals surface area contributed by atoms with Crippen molar-refractivity contribution >= 4 is 15.5 Å². The number of hydrogen-bond donors (Lipinski definition) is 1. The lowest BCUT2D eigenvalue weighted by Gasteiger charge is -2.38. The maximum atomic E-state index is 11.8. The highest BCUT2D eigenvalue weighted by molar-refractivity contribution is 7.91. The van der Waals surface area contributed by atoms with Crippen LogP contribution < -0.4 is 9.64 Å². The third-order valence-electron chi connectivity index (χ3n) is 5.56. The van der Waals surface area contributed by atoms with E-state index in [1.165, 1.54) is 17.4 Å². The Morgan fingerprint density at radius 2 is 1.96 bits per heavy atom. The average molecular weight is 387 g/mol. The second-order valence-electron chi connectivity index (χ2n) is 7.36. The standard InChI is InChI=1S/C20H26N4O2S/c1-15(17-4-3-16-7-12-26-19(16)13-17)23-8-10-24(11-9-23)20-6-5-18(14-22-20)27(2,21)25/h3-6,13-15,21H,7-12H2,1-2H3/t15?,27-/m1/s1. The first-order valence-electron chi connectivity index (χ1n) is 9.36. The van der Waals surface area contributed by atoms with Gasteiger partial charge in [-0.05, 0) is 36.2 Å². The molecule has 1 aromatic heterocycles. The predicted molar refractivity (Wildman–Crippen MR) is 107 cm³/mol. The van der Waals surface area contributed by atoms with Gasteiger partial charge in [0.05, 0.1) is 21.2 Å². The molecule has 2 aliphatic heterocycles. The van der Waals surface area contributed by atoms with Gasteiger partial charge >= 0.3 is 0 Å². The number of nitrogens with one attached hydrogen (secondary N) is 1. The lowest BCUT2D eigenvalue weighted by molar-refractivity contribution is 0.198. The van der Waals surface area contributed by atoms with Crippen LogP contribution in [0.1, 0.15) is 24.1 Å². The maximum Gasteiger partial charge on any atom is 0.128 e. The van der Waals surface area contributed by atoms with Gasteiger partial charge in [-0.25, -0.2) is 14.0 Å². The third-order valence-corrected chi connectivity index (χ3v) is 6.70. The molecule has 2 atom stereocenters. The molecule has 1 fully saturated rings. The molecule has 0 radical (unpaired) electrons. The Morgan fingerprint density at radius 1 is 1.19 bits per heavy atom. The van der Waals surface area contributed by atoms with Crippen LogP contribution in [0.3, 0.4) is 0 Å². The largest absolute Gasteiger partial charge is 0.493 e.